The fourth-order valence-electron chi connectivity index (χ4n) is 3.63. The zero-order chi connectivity index (χ0) is 21.1. The fourth-order valence-corrected chi connectivity index (χ4v) is 3.63. The lowest BCUT2D eigenvalue weighted by atomic mass is 9.94. The number of hydrogen-bond acceptors (Lipinski definition) is 6. The Bertz CT molecular complexity index is 1050. The van der Waals surface area contributed by atoms with Crippen LogP contribution in [-0.4, -0.2) is 23.3 Å². The van der Waals surface area contributed by atoms with Gasteiger partial charge in [-0.3, -0.25) is 0 Å². The second kappa shape index (κ2) is 8.47. The molecular weight excluding hydrogens is 384 g/mol. The van der Waals surface area contributed by atoms with Crippen molar-refractivity contribution in [1.82, 2.24) is 0 Å². The maximum atomic E-state index is 12.0. The third-order valence-corrected chi connectivity index (χ3v) is 5.20. The number of carbonyl (C=O) groups excluding carboxylic acids is 1. The molecule has 154 valence electrons. The van der Waals surface area contributed by atoms with E-state index < -0.39 is 12.1 Å². The Hall–Kier alpha value is -3.51. The fraction of sp³-hybridized carbons (Fsp3) is 0.208. The molecule has 2 aliphatic heterocycles. The van der Waals surface area contributed by atoms with Gasteiger partial charge in [-0.1, -0.05) is 42.5 Å². The van der Waals surface area contributed by atoms with Crippen molar-refractivity contribution in [2.75, 3.05) is 7.11 Å². The van der Waals surface area contributed by atoms with Gasteiger partial charge in [0.15, 0.2) is 11.5 Å². The van der Waals surface area contributed by atoms with E-state index >= 15 is 0 Å². The van der Waals surface area contributed by atoms with Gasteiger partial charge in [0.2, 0.25) is 0 Å². The average Bonchev–Trinajstić information content (AvgIpc) is 3.23. The van der Waals surface area contributed by atoms with Crippen LogP contribution in [0, 0.1) is 0 Å². The largest absolute Gasteiger partial charge is 0.507 e. The van der Waals surface area contributed by atoms with E-state index in [0.29, 0.717) is 17.7 Å². The number of esters is 1. The summed E-state index contributed by atoms with van der Waals surface area (Å²) in [5.74, 6) is -0.283. The molecule has 0 spiro atoms. The molecule has 2 aliphatic rings. The van der Waals surface area contributed by atoms with Crippen LogP contribution >= 0.6 is 0 Å². The molecule has 0 amide bonds. The van der Waals surface area contributed by atoms with Crippen molar-refractivity contribution in [3.8, 4) is 17.2 Å². The van der Waals surface area contributed by atoms with Gasteiger partial charge < -0.3 is 24.4 Å². The summed E-state index contributed by atoms with van der Waals surface area (Å²) in [5.41, 5.74) is 4.31. The predicted molar refractivity (Wildman–Crippen MR) is 110 cm³/mol. The van der Waals surface area contributed by atoms with Crippen molar-refractivity contribution in [2.24, 2.45) is 0 Å². The molecule has 3 aromatic rings. The lowest BCUT2D eigenvalue weighted by Crippen LogP contribution is -2.21. The molecule has 2 heterocycles. The highest BCUT2D eigenvalue weighted by Gasteiger charge is 2.30. The molecule has 30 heavy (non-hydrogen) atoms. The Morgan fingerprint density at radius 1 is 0.900 bits per heavy atom. The third-order valence-electron chi connectivity index (χ3n) is 5.20. The Morgan fingerprint density at radius 2 is 1.60 bits per heavy atom. The first-order valence-electron chi connectivity index (χ1n) is 9.60. The molecule has 5 rings (SSSR count). The lowest BCUT2D eigenvalue weighted by molar-refractivity contribution is 0.0248. The molecule has 3 aromatic carbocycles. The van der Waals surface area contributed by atoms with Crippen LogP contribution in [-0.2, 0) is 29.1 Å². The maximum Gasteiger partial charge on any atom is 0.342 e. The van der Waals surface area contributed by atoms with Crippen LogP contribution in [0.15, 0.2) is 60.7 Å². The van der Waals surface area contributed by atoms with Crippen LogP contribution in [0.5, 0.6) is 17.2 Å². The van der Waals surface area contributed by atoms with E-state index in [-0.39, 0.29) is 17.1 Å². The van der Waals surface area contributed by atoms with E-state index in [4.69, 9.17) is 14.2 Å². The van der Waals surface area contributed by atoms with Crippen molar-refractivity contribution < 1.29 is 29.2 Å². The van der Waals surface area contributed by atoms with E-state index in [1.54, 1.807) is 24.3 Å². The van der Waals surface area contributed by atoms with E-state index in [1.807, 2.05) is 12.1 Å². The molecule has 0 aromatic heterocycles. The summed E-state index contributed by atoms with van der Waals surface area (Å²) in [4.78, 5) is 12.0. The van der Waals surface area contributed by atoms with Crippen LogP contribution in [0.3, 0.4) is 0 Å². The van der Waals surface area contributed by atoms with Crippen molar-refractivity contribution in [2.45, 2.75) is 25.7 Å². The van der Waals surface area contributed by atoms with Crippen molar-refractivity contribution in [1.29, 1.82) is 0 Å². The van der Waals surface area contributed by atoms with Gasteiger partial charge in [0.1, 0.15) is 17.4 Å². The van der Waals surface area contributed by atoms with Crippen LogP contribution in [0.25, 0.3) is 0 Å². The van der Waals surface area contributed by atoms with Crippen molar-refractivity contribution >= 4 is 5.97 Å². The first kappa shape index (κ1) is 19.8. The average molecular weight is 406 g/mol. The topological polar surface area (TPSA) is 85.2 Å². The Morgan fingerprint density at radius 3 is 2.27 bits per heavy atom. The minimum atomic E-state index is -0.561. The SMILES string of the molecule is COc1ccc([C@H]2Cc3cccc(O)c3C(=O)O2)cc1O.c1ccc2c(c1)COC2. The van der Waals surface area contributed by atoms with Crippen LogP contribution < -0.4 is 4.74 Å². The summed E-state index contributed by atoms with van der Waals surface area (Å²) < 4.78 is 15.6. The molecule has 0 unspecified atom stereocenters. The number of ether oxygens (including phenoxy) is 3. The number of methoxy groups -OCH3 is 1. The molecular formula is C24H22O6. The highest BCUT2D eigenvalue weighted by Crippen LogP contribution is 2.37. The number of benzene rings is 3. The zero-order valence-electron chi connectivity index (χ0n) is 16.5. The standard InChI is InChI=1S/C16H14O5.C8H8O/c1-20-13-6-5-9(7-12(13)18)14-8-10-3-2-4-11(17)15(10)16(19)21-14;1-2-4-8-6-9-5-7(8)3-1/h2-7,14,17-18H,8H2,1H3;1-4H,5-6H2/t14-;/m1./s1. The highest BCUT2D eigenvalue weighted by atomic mass is 16.5. The maximum absolute atomic E-state index is 12.0. The molecule has 0 saturated heterocycles. The van der Waals surface area contributed by atoms with Gasteiger partial charge in [-0.2, -0.15) is 0 Å². The Labute approximate surface area is 174 Å². The minimum absolute atomic E-state index is 0.00671. The summed E-state index contributed by atoms with van der Waals surface area (Å²) >= 11 is 0. The summed E-state index contributed by atoms with van der Waals surface area (Å²) in [7, 11) is 1.47. The van der Waals surface area contributed by atoms with E-state index in [9.17, 15) is 15.0 Å². The second-order valence-corrected chi connectivity index (χ2v) is 7.10. The van der Waals surface area contributed by atoms with Crippen molar-refractivity contribution in [3.63, 3.8) is 0 Å². The van der Waals surface area contributed by atoms with Gasteiger partial charge in [0.05, 0.1) is 20.3 Å². The second-order valence-electron chi connectivity index (χ2n) is 7.10. The van der Waals surface area contributed by atoms with Gasteiger partial charge >= 0.3 is 5.97 Å². The molecule has 0 radical (unpaired) electrons. The molecule has 0 fully saturated rings. The van der Waals surface area contributed by atoms with Gasteiger partial charge in [0, 0.05) is 6.42 Å². The number of phenols is 2. The lowest BCUT2D eigenvalue weighted by Gasteiger charge is -2.25. The van der Waals surface area contributed by atoms with Gasteiger partial charge in [-0.15, -0.1) is 0 Å². The third kappa shape index (κ3) is 3.95. The predicted octanol–water partition coefficient (Wildman–Crippen LogP) is 4.28. The summed E-state index contributed by atoms with van der Waals surface area (Å²) in [6, 6.07) is 18.1. The van der Waals surface area contributed by atoms with Crippen molar-refractivity contribution in [3.05, 3.63) is 88.5 Å². The number of fused-ring (bicyclic) bond motifs is 2. The van der Waals surface area contributed by atoms with Crippen LogP contribution in [0.4, 0.5) is 0 Å². The number of carbonyl (C=O) groups is 1. The smallest absolute Gasteiger partial charge is 0.342 e. The first-order chi connectivity index (χ1) is 14.6. The molecule has 0 saturated carbocycles. The molecule has 6 nitrogen and oxygen atoms in total. The minimum Gasteiger partial charge on any atom is -0.507 e. The van der Waals surface area contributed by atoms with Gasteiger partial charge in [-0.25, -0.2) is 4.79 Å². The molecule has 2 N–H and O–H groups in total. The molecule has 0 aliphatic carbocycles. The monoisotopic (exact) mass is 406 g/mol. The Balaban J connectivity index is 0.000000200. The normalized spacial score (nSPS) is 16.6. The quantitative estimate of drug-likeness (QED) is 0.618. The van der Waals surface area contributed by atoms with Gasteiger partial charge in [-0.05, 0) is 40.5 Å². The van der Waals surface area contributed by atoms with E-state index in [0.717, 1.165) is 18.8 Å². The Kier molecular flexibility index (Phi) is 5.59. The number of rotatable bonds is 2. The number of cyclic esters (lactones) is 1. The van der Waals surface area contributed by atoms with Crippen LogP contribution in [0.2, 0.25) is 0 Å². The number of aromatic hydroxyl groups is 2. The van der Waals surface area contributed by atoms with Gasteiger partial charge in [0.25, 0.3) is 0 Å². The molecule has 0 bridgehead atoms. The van der Waals surface area contributed by atoms with Crippen LogP contribution in [0.1, 0.15) is 38.7 Å². The molecule has 1 atom stereocenters. The zero-order valence-corrected chi connectivity index (χ0v) is 16.5. The highest BCUT2D eigenvalue weighted by molar-refractivity contribution is 5.95. The van der Waals surface area contributed by atoms with E-state index in [2.05, 4.69) is 12.1 Å². The molecule has 6 heteroatoms. The summed E-state index contributed by atoms with van der Waals surface area (Å²) in [6.45, 7) is 1.60. The van der Waals surface area contributed by atoms with E-state index in [1.165, 1.54) is 30.4 Å². The number of hydrogen-bond donors (Lipinski definition) is 2. The first-order valence-corrected chi connectivity index (χ1v) is 9.60. The number of phenolic OH excluding ortho intramolecular Hbond substituents is 2. The summed E-state index contributed by atoms with van der Waals surface area (Å²) in [6.07, 6.45) is -0.0510. The summed E-state index contributed by atoms with van der Waals surface area (Å²) in [5, 5.41) is 19.6.